The molecule has 13 heteroatoms. The predicted octanol–water partition coefficient (Wildman–Crippen LogP) is 1.14. The Hall–Kier alpha value is -2.78. The second kappa shape index (κ2) is 13.1. The van der Waals surface area contributed by atoms with E-state index in [-0.39, 0.29) is 37.9 Å². The molecular formula is C32H43NO12. The first-order valence-electron chi connectivity index (χ1n) is 15.4. The molecule has 45 heavy (non-hydrogen) atoms. The second-order valence-corrected chi connectivity index (χ2v) is 12.1. The molecule has 5 aliphatic rings. The van der Waals surface area contributed by atoms with Crippen LogP contribution in [0.2, 0.25) is 0 Å². The fourth-order valence-electron chi connectivity index (χ4n) is 8.44. The monoisotopic (exact) mass is 633 g/mol. The Bertz CT molecular complexity index is 1300. The third kappa shape index (κ3) is 5.13. The number of nitrogens with zero attached hydrogens (tertiary/aromatic N) is 1. The van der Waals surface area contributed by atoms with Crippen molar-refractivity contribution in [1.82, 2.24) is 4.90 Å². The van der Waals surface area contributed by atoms with Gasteiger partial charge in [0, 0.05) is 38.2 Å². The number of benzene rings is 1. The van der Waals surface area contributed by atoms with Crippen LogP contribution in [0.1, 0.15) is 24.0 Å². The minimum absolute atomic E-state index is 0.0841. The van der Waals surface area contributed by atoms with Gasteiger partial charge in [-0.05, 0) is 31.2 Å². The molecule has 248 valence electrons. The van der Waals surface area contributed by atoms with Gasteiger partial charge in [0.25, 0.3) is 0 Å². The van der Waals surface area contributed by atoms with Gasteiger partial charge in [0.1, 0.15) is 24.6 Å². The van der Waals surface area contributed by atoms with Crippen molar-refractivity contribution >= 4 is 11.9 Å². The van der Waals surface area contributed by atoms with Gasteiger partial charge in [0.15, 0.2) is 17.6 Å². The average Bonchev–Trinajstić information content (AvgIpc) is 3.59. The highest BCUT2D eigenvalue weighted by Gasteiger charge is 2.87. The minimum Gasteiger partial charge on any atom is -0.493 e. The standard InChI is InChI=1S/C32H43NO12/c1-33-20-30-19-31-26-21(30)5-6-22(38-4)27(26)44-28(31)23(43-24(34)17-41-15-13-39-11-9-36-2)7-8-32(31,29(30)33)45-25(35)18-42-16-14-40-12-10-37-3/h5-7,28-29H,8-20H2,1-4H3/t28-,29?,30?,31?,32?/m0/s1. The molecule has 13 nitrogen and oxygen atoms in total. The van der Waals surface area contributed by atoms with Crippen molar-refractivity contribution < 1.29 is 57.0 Å². The normalized spacial score (nSPS) is 29.8. The molecular weight excluding hydrogens is 590 g/mol. The highest BCUT2D eigenvalue weighted by molar-refractivity contribution is 5.77. The van der Waals surface area contributed by atoms with Crippen LogP contribution in [0, 0.1) is 0 Å². The van der Waals surface area contributed by atoms with Gasteiger partial charge in [-0.2, -0.15) is 0 Å². The summed E-state index contributed by atoms with van der Waals surface area (Å²) in [5.41, 5.74) is 0.201. The largest absolute Gasteiger partial charge is 0.493 e. The zero-order valence-corrected chi connectivity index (χ0v) is 26.4. The molecule has 2 heterocycles. The van der Waals surface area contributed by atoms with E-state index in [0.717, 1.165) is 12.1 Å². The van der Waals surface area contributed by atoms with Crippen LogP contribution in [-0.2, 0) is 58.3 Å². The van der Waals surface area contributed by atoms with Crippen molar-refractivity contribution in [3.8, 4) is 11.5 Å². The van der Waals surface area contributed by atoms with E-state index in [2.05, 4.69) is 18.0 Å². The molecule has 0 aromatic heterocycles. The topological polar surface area (TPSA) is 130 Å². The summed E-state index contributed by atoms with van der Waals surface area (Å²) in [7, 11) is 6.87. The molecule has 2 aliphatic heterocycles. The molecule has 0 radical (unpaired) electrons. The zero-order valence-electron chi connectivity index (χ0n) is 26.4. The van der Waals surface area contributed by atoms with E-state index in [0.29, 0.717) is 69.7 Å². The first-order valence-corrected chi connectivity index (χ1v) is 15.4. The second-order valence-electron chi connectivity index (χ2n) is 12.1. The maximum absolute atomic E-state index is 13.5. The van der Waals surface area contributed by atoms with Crippen LogP contribution in [0.5, 0.6) is 11.5 Å². The fourth-order valence-corrected chi connectivity index (χ4v) is 8.44. The van der Waals surface area contributed by atoms with Crippen LogP contribution >= 0.6 is 0 Å². The highest BCUT2D eigenvalue weighted by atomic mass is 16.6. The van der Waals surface area contributed by atoms with Gasteiger partial charge in [0.2, 0.25) is 0 Å². The van der Waals surface area contributed by atoms with Crippen LogP contribution < -0.4 is 9.47 Å². The van der Waals surface area contributed by atoms with E-state index in [1.807, 2.05) is 12.1 Å². The van der Waals surface area contributed by atoms with Crippen LogP contribution in [-0.4, -0.2) is 136 Å². The van der Waals surface area contributed by atoms with Crippen molar-refractivity contribution in [2.24, 2.45) is 0 Å². The molecule has 1 saturated heterocycles. The Labute approximate surface area is 262 Å². The van der Waals surface area contributed by atoms with Crippen molar-refractivity contribution in [1.29, 1.82) is 0 Å². The van der Waals surface area contributed by atoms with Crippen molar-refractivity contribution in [3.63, 3.8) is 0 Å². The first-order chi connectivity index (χ1) is 21.9. The molecule has 1 aromatic rings. The summed E-state index contributed by atoms with van der Waals surface area (Å²) < 4.78 is 56.7. The Balaban J connectivity index is 1.22. The number of likely N-dealkylation sites (tertiary alicyclic amines) is 1. The summed E-state index contributed by atoms with van der Waals surface area (Å²) in [6.45, 7) is 3.40. The zero-order chi connectivity index (χ0) is 31.7. The smallest absolute Gasteiger partial charge is 0.337 e. The lowest BCUT2D eigenvalue weighted by Crippen LogP contribution is -2.75. The third-order valence-electron chi connectivity index (χ3n) is 9.73. The van der Waals surface area contributed by atoms with Gasteiger partial charge >= 0.3 is 11.9 Å². The van der Waals surface area contributed by atoms with Crippen molar-refractivity contribution in [2.45, 2.75) is 41.4 Å². The van der Waals surface area contributed by atoms with E-state index in [4.69, 9.17) is 47.4 Å². The summed E-state index contributed by atoms with van der Waals surface area (Å²) in [6.07, 6.45) is 2.18. The van der Waals surface area contributed by atoms with Gasteiger partial charge < -0.3 is 47.4 Å². The van der Waals surface area contributed by atoms with Gasteiger partial charge in [0.05, 0.1) is 71.4 Å². The Kier molecular flexibility index (Phi) is 9.40. The van der Waals surface area contributed by atoms with Crippen molar-refractivity contribution in [3.05, 3.63) is 35.1 Å². The number of likely N-dealkylation sites (N-methyl/N-ethyl adjacent to an activating group) is 1. The number of hydrogen-bond acceptors (Lipinski definition) is 13. The van der Waals surface area contributed by atoms with Gasteiger partial charge in [-0.25, -0.2) is 9.59 Å². The fraction of sp³-hybridized carbons (Fsp3) is 0.688. The number of rotatable bonds is 19. The molecule has 6 rings (SSSR count). The SMILES string of the molecule is COCCOCCOCC(=O)OC1=CCC2(OC(=O)COCCOCCOC)C3N(C)CC34CC23c2c4ccc(OC)c2O[C@@H]13. The lowest BCUT2D eigenvalue weighted by Gasteiger charge is -2.61. The summed E-state index contributed by atoms with van der Waals surface area (Å²) in [6, 6.07) is 3.96. The lowest BCUT2D eigenvalue weighted by atomic mass is 9.56. The molecule has 5 atom stereocenters. The number of ether oxygens (including phenoxy) is 10. The summed E-state index contributed by atoms with van der Waals surface area (Å²) >= 11 is 0. The Morgan fingerprint density at radius 3 is 2.18 bits per heavy atom. The lowest BCUT2D eigenvalue weighted by molar-refractivity contribution is -0.196. The van der Waals surface area contributed by atoms with E-state index in [1.165, 1.54) is 5.56 Å². The van der Waals surface area contributed by atoms with Crippen LogP contribution in [0.3, 0.4) is 0 Å². The van der Waals surface area contributed by atoms with E-state index in [1.54, 1.807) is 21.3 Å². The summed E-state index contributed by atoms with van der Waals surface area (Å²) in [5.74, 6) is 0.586. The average molecular weight is 634 g/mol. The number of carbonyl (C=O) groups excluding carboxylic acids is 2. The maximum atomic E-state index is 13.5. The quantitative estimate of drug-likeness (QED) is 0.160. The third-order valence-corrected chi connectivity index (χ3v) is 9.73. The van der Waals surface area contributed by atoms with E-state index in [9.17, 15) is 9.59 Å². The molecule has 2 fully saturated rings. The summed E-state index contributed by atoms with van der Waals surface area (Å²) in [5, 5.41) is 0. The predicted molar refractivity (Wildman–Crippen MR) is 156 cm³/mol. The van der Waals surface area contributed by atoms with Crippen LogP contribution in [0.15, 0.2) is 24.0 Å². The number of fused-ring (bicyclic) bond motifs is 1. The molecule has 4 unspecified atom stereocenters. The molecule has 2 bridgehead atoms. The molecule has 0 N–H and O–H groups in total. The number of esters is 2. The summed E-state index contributed by atoms with van der Waals surface area (Å²) in [4.78, 5) is 28.7. The van der Waals surface area contributed by atoms with Gasteiger partial charge in [-0.3, -0.25) is 4.90 Å². The van der Waals surface area contributed by atoms with Crippen LogP contribution in [0.25, 0.3) is 0 Å². The molecule has 1 saturated carbocycles. The Morgan fingerprint density at radius 2 is 1.53 bits per heavy atom. The molecule has 2 spiro atoms. The van der Waals surface area contributed by atoms with Crippen LogP contribution in [0.4, 0.5) is 0 Å². The van der Waals surface area contributed by atoms with Crippen molar-refractivity contribution in [2.75, 3.05) is 101 Å². The molecule has 3 aliphatic carbocycles. The highest BCUT2D eigenvalue weighted by Crippen LogP contribution is 2.78. The van der Waals surface area contributed by atoms with Gasteiger partial charge in [-0.15, -0.1) is 0 Å². The Morgan fingerprint density at radius 1 is 0.889 bits per heavy atom. The van der Waals surface area contributed by atoms with Gasteiger partial charge in [-0.1, -0.05) is 6.07 Å². The van der Waals surface area contributed by atoms with E-state index < -0.39 is 29.1 Å². The maximum Gasteiger partial charge on any atom is 0.337 e. The van der Waals surface area contributed by atoms with E-state index >= 15 is 0 Å². The number of methoxy groups -OCH3 is 3. The number of carbonyl (C=O) groups is 2. The molecule has 0 amide bonds. The number of hydrogen-bond donors (Lipinski definition) is 0. The first kappa shape index (κ1) is 32.2. The molecule has 1 aromatic carbocycles. The minimum atomic E-state index is -0.962.